The normalized spacial score (nSPS) is 40.8. The molecule has 0 aromatic heterocycles. The van der Waals surface area contributed by atoms with E-state index in [0.717, 1.165) is 0 Å². The fourth-order valence-corrected chi connectivity index (χ4v) is 6.24. The summed E-state index contributed by atoms with van der Waals surface area (Å²) in [5, 5.41) is 90.0. The molecule has 0 aliphatic carbocycles. The van der Waals surface area contributed by atoms with Crippen LogP contribution in [-0.4, -0.2) is 184 Å². The van der Waals surface area contributed by atoms with E-state index in [9.17, 15) is 55.2 Å². The average molecular weight is 684 g/mol. The molecule has 0 aromatic carbocycles. The van der Waals surface area contributed by atoms with Crippen LogP contribution in [0.25, 0.3) is 0 Å². The number of carbonyl (C=O) groups excluding carboxylic acids is 3. The Balaban J connectivity index is 1.66. The molecule has 47 heavy (non-hydrogen) atoms. The number of nitrogens with one attached hydrogen (secondary N) is 3. The molecule has 3 fully saturated rings. The lowest BCUT2D eigenvalue weighted by Crippen LogP contribution is -2.65. The van der Waals surface area contributed by atoms with Crippen LogP contribution in [-0.2, 0) is 38.1 Å². The molecule has 3 aliphatic rings. The van der Waals surface area contributed by atoms with Crippen LogP contribution in [0.1, 0.15) is 20.8 Å². The highest BCUT2D eigenvalue weighted by molar-refractivity contribution is 5.74. The van der Waals surface area contributed by atoms with Crippen LogP contribution in [0.4, 0.5) is 0 Å². The predicted octanol–water partition coefficient (Wildman–Crippen LogP) is -6.56. The summed E-state index contributed by atoms with van der Waals surface area (Å²) in [5.74, 6) is -3.37. The molecule has 19 heteroatoms. The van der Waals surface area contributed by atoms with Crippen LogP contribution < -0.4 is 16.0 Å². The van der Waals surface area contributed by atoms with Gasteiger partial charge in [0.05, 0.1) is 82.7 Å². The molecule has 11 N–H and O–H groups in total. The Labute approximate surface area is 271 Å². The van der Waals surface area contributed by atoms with Gasteiger partial charge < -0.3 is 80.5 Å². The minimum atomic E-state index is -1.58. The Morgan fingerprint density at radius 3 is 1.34 bits per heavy atom. The van der Waals surface area contributed by atoms with Crippen molar-refractivity contribution in [1.29, 1.82) is 0 Å². The van der Waals surface area contributed by atoms with Gasteiger partial charge in [-0.05, 0) is 0 Å². The quantitative estimate of drug-likeness (QED) is 0.0811. The first-order valence-corrected chi connectivity index (χ1v) is 15.4. The van der Waals surface area contributed by atoms with Crippen molar-refractivity contribution in [2.24, 2.45) is 11.8 Å². The first-order chi connectivity index (χ1) is 22.2. The van der Waals surface area contributed by atoms with Crippen LogP contribution in [0.3, 0.4) is 0 Å². The van der Waals surface area contributed by atoms with E-state index in [1.165, 1.54) is 20.8 Å². The van der Waals surface area contributed by atoms with Gasteiger partial charge in [0.15, 0.2) is 6.29 Å². The molecule has 3 heterocycles. The maximum absolute atomic E-state index is 12.1. The fourth-order valence-electron chi connectivity index (χ4n) is 6.24. The molecule has 3 rings (SSSR count). The lowest BCUT2D eigenvalue weighted by Gasteiger charge is -2.46. The van der Waals surface area contributed by atoms with Gasteiger partial charge in [0.2, 0.25) is 17.7 Å². The zero-order chi connectivity index (χ0) is 35.0. The summed E-state index contributed by atoms with van der Waals surface area (Å²) in [5.41, 5.74) is 0. The van der Waals surface area contributed by atoms with E-state index in [0.29, 0.717) is 0 Å². The molecule has 0 radical (unpaired) electrons. The van der Waals surface area contributed by atoms with E-state index in [2.05, 4.69) is 16.0 Å². The third-order valence-electron chi connectivity index (χ3n) is 8.62. The van der Waals surface area contributed by atoms with Crippen molar-refractivity contribution in [2.45, 2.75) is 100 Å². The minimum absolute atomic E-state index is 0.248. The zero-order valence-corrected chi connectivity index (χ0v) is 26.5. The van der Waals surface area contributed by atoms with Gasteiger partial charge in [0.25, 0.3) is 0 Å². The Hall–Kier alpha value is -2.11. The van der Waals surface area contributed by atoms with E-state index >= 15 is 0 Å². The molecule has 0 bridgehead atoms. The van der Waals surface area contributed by atoms with Gasteiger partial charge >= 0.3 is 0 Å². The summed E-state index contributed by atoms with van der Waals surface area (Å²) in [6.07, 6.45) is -12.5. The van der Waals surface area contributed by atoms with Crippen LogP contribution in [0, 0.1) is 11.8 Å². The monoisotopic (exact) mass is 683 g/mol. The molecule has 15 atom stereocenters. The van der Waals surface area contributed by atoms with E-state index in [-0.39, 0.29) is 26.4 Å². The minimum Gasteiger partial charge on any atom is -0.394 e. The largest absolute Gasteiger partial charge is 0.394 e. The number of ether oxygens (including phenoxy) is 5. The molecule has 3 saturated heterocycles. The SMILES string of the molecule is CC(=O)NC1C(O)OC(CO)[C@@H](COC[C@@H]2OC(CO)[C@@H](COC[C@@H]3OC(CO)C(O)C(O)C3NC(C)=O)C(O)C2NC(C)=O)C1O. The van der Waals surface area contributed by atoms with E-state index in [1.54, 1.807) is 0 Å². The summed E-state index contributed by atoms with van der Waals surface area (Å²) < 4.78 is 28.6. The first kappa shape index (κ1) is 39.3. The first-order valence-electron chi connectivity index (χ1n) is 15.4. The van der Waals surface area contributed by atoms with Crippen LogP contribution in [0.5, 0.6) is 0 Å². The highest BCUT2D eigenvalue weighted by atomic mass is 16.6. The summed E-state index contributed by atoms with van der Waals surface area (Å²) in [4.78, 5) is 35.3. The van der Waals surface area contributed by atoms with Gasteiger partial charge in [-0.25, -0.2) is 0 Å². The molecular formula is C28H49N3O16. The standard InChI is InChI=1S/C28H49N3O16/c1-11(35)29-21-19(9-44-8-15-17(5-33)47-28(42)23(25(15)39)31-13(3)37)45-16(4-32)14(24(21)38)7-43-10-20-22(30-12(2)36)27(41)26(40)18(6-34)46-20/h14-28,32-34,38-42H,4-10H2,1-3H3,(H,29,35)(H,30,36)(H,31,37)/t14-,15-,16?,17?,18?,19+,20+,21?,22?,23?,24?,25?,26?,27?,28?/m1/s1. The lowest BCUT2D eigenvalue weighted by atomic mass is 9.85. The molecule has 272 valence electrons. The van der Waals surface area contributed by atoms with E-state index in [1.807, 2.05) is 0 Å². The lowest BCUT2D eigenvalue weighted by molar-refractivity contribution is -0.248. The van der Waals surface area contributed by atoms with E-state index < -0.39 is 129 Å². The third kappa shape index (κ3) is 9.97. The van der Waals surface area contributed by atoms with Crippen LogP contribution in [0.15, 0.2) is 0 Å². The molecule has 3 aliphatic heterocycles. The number of carbonyl (C=O) groups is 3. The van der Waals surface area contributed by atoms with Gasteiger partial charge in [-0.1, -0.05) is 0 Å². The third-order valence-corrected chi connectivity index (χ3v) is 8.62. The van der Waals surface area contributed by atoms with Gasteiger partial charge in [-0.15, -0.1) is 0 Å². The molecule has 0 spiro atoms. The molecule has 3 amide bonds. The summed E-state index contributed by atoms with van der Waals surface area (Å²) in [6, 6.07) is -3.35. The van der Waals surface area contributed by atoms with Crippen molar-refractivity contribution in [1.82, 2.24) is 16.0 Å². The molecule has 19 nitrogen and oxygen atoms in total. The summed E-state index contributed by atoms with van der Waals surface area (Å²) in [7, 11) is 0. The highest BCUT2D eigenvalue weighted by Gasteiger charge is 2.48. The smallest absolute Gasteiger partial charge is 0.217 e. The number of rotatable bonds is 14. The van der Waals surface area contributed by atoms with Gasteiger partial charge in [-0.2, -0.15) is 0 Å². The number of amides is 3. The van der Waals surface area contributed by atoms with Crippen molar-refractivity contribution in [3.63, 3.8) is 0 Å². The summed E-state index contributed by atoms with van der Waals surface area (Å²) >= 11 is 0. The second-order valence-electron chi connectivity index (χ2n) is 12.1. The molecule has 11 unspecified atom stereocenters. The van der Waals surface area contributed by atoms with Gasteiger partial charge in [0.1, 0.15) is 36.6 Å². The van der Waals surface area contributed by atoms with Crippen molar-refractivity contribution < 1.29 is 78.9 Å². The Kier molecular flexibility index (Phi) is 15.1. The number of aliphatic hydroxyl groups excluding tert-OH is 8. The Morgan fingerprint density at radius 2 is 0.894 bits per heavy atom. The number of aliphatic hydroxyl groups is 8. The highest BCUT2D eigenvalue weighted by Crippen LogP contribution is 2.30. The van der Waals surface area contributed by atoms with Crippen molar-refractivity contribution >= 4 is 17.7 Å². The Bertz CT molecular complexity index is 1030. The maximum Gasteiger partial charge on any atom is 0.217 e. The number of hydrogen-bond donors (Lipinski definition) is 11. The zero-order valence-electron chi connectivity index (χ0n) is 26.5. The van der Waals surface area contributed by atoms with Gasteiger partial charge in [0, 0.05) is 32.6 Å². The molecule has 0 saturated carbocycles. The second kappa shape index (κ2) is 18.0. The topological polar surface area (TPSA) is 295 Å². The van der Waals surface area contributed by atoms with E-state index in [4.69, 9.17) is 23.7 Å². The predicted molar refractivity (Wildman–Crippen MR) is 155 cm³/mol. The fraction of sp³-hybridized carbons (Fsp3) is 0.893. The molecule has 0 aromatic rings. The van der Waals surface area contributed by atoms with Crippen molar-refractivity contribution in [3.05, 3.63) is 0 Å². The van der Waals surface area contributed by atoms with Gasteiger partial charge in [-0.3, -0.25) is 14.4 Å². The average Bonchev–Trinajstić information content (AvgIpc) is 3.01. The second-order valence-corrected chi connectivity index (χ2v) is 12.1. The number of hydrogen-bond acceptors (Lipinski definition) is 16. The van der Waals surface area contributed by atoms with Crippen LogP contribution in [0.2, 0.25) is 0 Å². The summed E-state index contributed by atoms with van der Waals surface area (Å²) in [6.45, 7) is 0.839. The van der Waals surface area contributed by atoms with Crippen molar-refractivity contribution in [2.75, 3.05) is 46.2 Å². The molecular weight excluding hydrogens is 634 g/mol. The van der Waals surface area contributed by atoms with Crippen LogP contribution >= 0.6 is 0 Å². The van der Waals surface area contributed by atoms with Crippen molar-refractivity contribution in [3.8, 4) is 0 Å². The Morgan fingerprint density at radius 1 is 0.511 bits per heavy atom. The maximum atomic E-state index is 12.1.